The molecule has 2 fully saturated rings. The lowest BCUT2D eigenvalue weighted by Gasteiger charge is -2.36. The molecule has 2 aliphatic heterocycles. The molecule has 7 heteroatoms. The maximum atomic E-state index is 13.1. The van der Waals surface area contributed by atoms with Gasteiger partial charge in [-0.3, -0.25) is 14.5 Å². The van der Waals surface area contributed by atoms with E-state index in [4.69, 9.17) is 0 Å². The summed E-state index contributed by atoms with van der Waals surface area (Å²) < 4.78 is 0. The molecule has 0 aliphatic carbocycles. The summed E-state index contributed by atoms with van der Waals surface area (Å²) in [5.74, 6) is 1.77. The number of nitrogens with zero attached hydrogens (tertiary/aromatic N) is 5. The first-order valence-corrected chi connectivity index (χ1v) is 10.8. The maximum absolute atomic E-state index is 13.1. The van der Waals surface area contributed by atoms with Crippen LogP contribution in [0.3, 0.4) is 0 Å². The Kier molecular flexibility index (Phi) is 5.70. The average molecular weight is 408 g/mol. The van der Waals surface area contributed by atoms with E-state index < -0.39 is 0 Å². The van der Waals surface area contributed by atoms with Crippen molar-refractivity contribution in [3.63, 3.8) is 0 Å². The molecule has 158 valence electrons. The Morgan fingerprint density at radius 2 is 1.87 bits per heavy atom. The van der Waals surface area contributed by atoms with Crippen LogP contribution in [-0.2, 0) is 11.2 Å². The van der Waals surface area contributed by atoms with Crippen molar-refractivity contribution in [2.24, 2.45) is 0 Å². The van der Waals surface area contributed by atoms with E-state index >= 15 is 0 Å². The Labute approximate surface area is 177 Å². The zero-order chi connectivity index (χ0) is 21.3. The van der Waals surface area contributed by atoms with Crippen molar-refractivity contribution in [2.45, 2.75) is 40.0 Å². The highest BCUT2D eigenvalue weighted by Crippen LogP contribution is 2.23. The van der Waals surface area contributed by atoms with Gasteiger partial charge >= 0.3 is 0 Å². The predicted octanol–water partition coefficient (Wildman–Crippen LogP) is 2.75. The SMILES string of the molecule is CCc1cnc(N2CCN(C(=O)c3ccc(N4CCCC4=O)nc3C)CC2)c(C)c1. The number of amides is 2. The Hall–Kier alpha value is -2.96. The number of pyridine rings is 2. The van der Waals surface area contributed by atoms with Crippen LogP contribution in [0.2, 0.25) is 0 Å². The fourth-order valence-electron chi connectivity index (χ4n) is 4.26. The lowest BCUT2D eigenvalue weighted by molar-refractivity contribution is -0.117. The number of aryl methyl sites for hydroxylation is 3. The van der Waals surface area contributed by atoms with E-state index in [9.17, 15) is 9.59 Å². The van der Waals surface area contributed by atoms with Crippen LogP contribution in [0.5, 0.6) is 0 Å². The normalized spacial score (nSPS) is 17.0. The molecule has 0 atom stereocenters. The van der Waals surface area contributed by atoms with Crippen LogP contribution in [-0.4, -0.2) is 59.4 Å². The van der Waals surface area contributed by atoms with Gasteiger partial charge in [-0.05, 0) is 49.9 Å². The molecule has 7 nitrogen and oxygen atoms in total. The van der Waals surface area contributed by atoms with Gasteiger partial charge in [-0.15, -0.1) is 0 Å². The third-order valence-electron chi connectivity index (χ3n) is 6.03. The molecule has 0 bridgehead atoms. The lowest BCUT2D eigenvalue weighted by Crippen LogP contribution is -2.49. The number of aromatic nitrogens is 2. The highest BCUT2D eigenvalue weighted by Gasteiger charge is 2.27. The first kappa shape index (κ1) is 20.3. The van der Waals surface area contributed by atoms with E-state index in [0.717, 1.165) is 31.7 Å². The summed E-state index contributed by atoms with van der Waals surface area (Å²) in [6.07, 6.45) is 4.36. The molecule has 0 saturated carbocycles. The second-order valence-electron chi connectivity index (χ2n) is 8.07. The number of rotatable bonds is 4. The molecule has 4 rings (SSSR count). The fourth-order valence-corrected chi connectivity index (χ4v) is 4.26. The summed E-state index contributed by atoms with van der Waals surface area (Å²) in [7, 11) is 0. The van der Waals surface area contributed by atoms with Gasteiger partial charge in [-0.2, -0.15) is 0 Å². The van der Waals surface area contributed by atoms with Crippen molar-refractivity contribution in [2.75, 3.05) is 42.5 Å². The molecule has 30 heavy (non-hydrogen) atoms. The van der Waals surface area contributed by atoms with Crippen LogP contribution in [0, 0.1) is 13.8 Å². The Morgan fingerprint density at radius 3 is 2.47 bits per heavy atom. The first-order chi connectivity index (χ1) is 14.5. The van der Waals surface area contributed by atoms with E-state index in [2.05, 4.69) is 34.8 Å². The third kappa shape index (κ3) is 3.88. The van der Waals surface area contributed by atoms with Gasteiger partial charge < -0.3 is 9.80 Å². The van der Waals surface area contributed by atoms with Gasteiger partial charge in [0.15, 0.2) is 0 Å². The van der Waals surface area contributed by atoms with Gasteiger partial charge in [0.1, 0.15) is 11.6 Å². The monoisotopic (exact) mass is 407 g/mol. The molecule has 0 radical (unpaired) electrons. The maximum Gasteiger partial charge on any atom is 0.255 e. The van der Waals surface area contributed by atoms with E-state index in [1.54, 1.807) is 11.0 Å². The van der Waals surface area contributed by atoms with Gasteiger partial charge in [0.25, 0.3) is 5.91 Å². The summed E-state index contributed by atoms with van der Waals surface area (Å²) in [4.78, 5) is 40.1. The molecule has 0 spiro atoms. The Balaban J connectivity index is 1.42. The highest BCUT2D eigenvalue weighted by molar-refractivity contribution is 5.97. The quantitative estimate of drug-likeness (QED) is 0.780. The second-order valence-corrected chi connectivity index (χ2v) is 8.07. The molecule has 2 amide bonds. The van der Waals surface area contributed by atoms with Crippen molar-refractivity contribution >= 4 is 23.5 Å². The molecular weight excluding hydrogens is 378 g/mol. The summed E-state index contributed by atoms with van der Waals surface area (Å²) in [5, 5.41) is 0. The molecule has 2 aromatic heterocycles. The van der Waals surface area contributed by atoms with Gasteiger partial charge in [0.2, 0.25) is 5.91 Å². The molecular formula is C23H29N5O2. The number of hydrogen-bond donors (Lipinski definition) is 0. The predicted molar refractivity (Wildman–Crippen MR) is 117 cm³/mol. The highest BCUT2D eigenvalue weighted by atomic mass is 16.2. The van der Waals surface area contributed by atoms with Crippen molar-refractivity contribution in [1.29, 1.82) is 0 Å². The van der Waals surface area contributed by atoms with Crippen LogP contribution >= 0.6 is 0 Å². The molecule has 0 N–H and O–H groups in total. The summed E-state index contributed by atoms with van der Waals surface area (Å²) in [6, 6.07) is 5.80. The number of anilines is 2. The standard InChI is InChI=1S/C23H29N5O2/c1-4-18-14-16(2)22(24-15-18)26-10-12-27(13-11-26)23(30)19-7-8-20(25-17(19)3)28-9-5-6-21(28)29/h7-8,14-15H,4-6,9-13H2,1-3H3. The number of carbonyl (C=O) groups excluding carboxylic acids is 2. The van der Waals surface area contributed by atoms with Gasteiger partial charge in [0, 0.05) is 45.3 Å². The molecule has 2 aliphatic rings. The minimum Gasteiger partial charge on any atom is -0.353 e. The van der Waals surface area contributed by atoms with E-state index in [-0.39, 0.29) is 11.8 Å². The zero-order valence-electron chi connectivity index (χ0n) is 18.0. The van der Waals surface area contributed by atoms with Crippen LogP contribution < -0.4 is 9.80 Å². The Morgan fingerprint density at radius 1 is 1.10 bits per heavy atom. The largest absolute Gasteiger partial charge is 0.353 e. The molecule has 0 unspecified atom stereocenters. The minimum absolute atomic E-state index is 0.00459. The van der Waals surface area contributed by atoms with Crippen LogP contribution in [0.15, 0.2) is 24.4 Å². The topological polar surface area (TPSA) is 69.6 Å². The van der Waals surface area contributed by atoms with Crippen molar-refractivity contribution in [3.05, 3.63) is 46.8 Å². The van der Waals surface area contributed by atoms with E-state index in [1.807, 2.05) is 24.1 Å². The van der Waals surface area contributed by atoms with Gasteiger partial charge in [0.05, 0.1) is 11.3 Å². The van der Waals surface area contributed by atoms with E-state index in [1.165, 1.54) is 11.1 Å². The van der Waals surface area contributed by atoms with E-state index in [0.29, 0.717) is 43.1 Å². The summed E-state index contributed by atoms with van der Waals surface area (Å²) in [6.45, 7) is 9.61. The van der Waals surface area contributed by atoms with Crippen molar-refractivity contribution in [3.8, 4) is 0 Å². The molecule has 0 aromatic carbocycles. The third-order valence-corrected chi connectivity index (χ3v) is 6.03. The first-order valence-electron chi connectivity index (χ1n) is 10.8. The van der Waals surface area contributed by atoms with Crippen molar-refractivity contribution in [1.82, 2.24) is 14.9 Å². The van der Waals surface area contributed by atoms with Gasteiger partial charge in [-0.25, -0.2) is 9.97 Å². The second kappa shape index (κ2) is 8.42. The van der Waals surface area contributed by atoms with Crippen LogP contribution in [0.4, 0.5) is 11.6 Å². The summed E-state index contributed by atoms with van der Waals surface area (Å²) >= 11 is 0. The fraction of sp³-hybridized carbons (Fsp3) is 0.478. The van der Waals surface area contributed by atoms with Crippen molar-refractivity contribution < 1.29 is 9.59 Å². The lowest BCUT2D eigenvalue weighted by atomic mass is 10.1. The molecule has 4 heterocycles. The smallest absolute Gasteiger partial charge is 0.255 e. The minimum atomic E-state index is 0.00459. The zero-order valence-corrected chi connectivity index (χ0v) is 18.0. The number of piperazine rings is 1. The summed E-state index contributed by atoms with van der Waals surface area (Å²) in [5.41, 5.74) is 3.71. The Bertz CT molecular complexity index is 966. The molecule has 2 saturated heterocycles. The number of hydrogen-bond acceptors (Lipinski definition) is 5. The van der Waals surface area contributed by atoms with Gasteiger partial charge in [-0.1, -0.05) is 13.0 Å². The van der Waals surface area contributed by atoms with Crippen LogP contribution in [0.1, 0.15) is 46.9 Å². The number of carbonyl (C=O) groups is 2. The van der Waals surface area contributed by atoms with Crippen LogP contribution in [0.25, 0.3) is 0 Å². The average Bonchev–Trinajstić information content (AvgIpc) is 3.19. The molecule has 2 aromatic rings.